The Morgan fingerprint density at radius 3 is 2.75 bits per heavy atom. The highest BCUT2D eigenvalue weighted by Crippen LogP contribution is 2.29. The number of halogens is 1. The van der Waals surface area contributed by atoms with E-state index >= 15 is 0 Å². The monoisotopic (exact) mass is 308 g/mol. The van der Waals surface area contributed by atoms with Crippen LogP contribution in [0, 0.1) is 0 Å². The van der Waals surface area contributed by atoms with E-state index in [4.69, 9.17) is 11.6 Å². The van der Waals surface area contributed by atoms with Crippen molar-refractivity contribution in [3.63, 3.8) is 0 Å². The van der Waals surface area contributed by atoms with Crippen molar-refractivity contribution < 1.29 is 0 Å². The van der Waals surface area contributed by atoms with Gasteiger partial charge in [0.2, 0.25) is 5.95 Å². The molecule has 1 saturated heterocycles. The van der Waals surface area contributed by atoms with Crippen molar-refractivity contribution in [3.05, 3.63) is 29.3 Å². The van der Waals surface area contributed by atoms with Crippen LogP contribution in [0.2, 0.25) is 5.02 Å². The van der Waals surface area contributed by atoms with Gasteiger partial charge < -0.3 is 4.90 Å². The number of benzene rings is 1. The van der Waals surface area contributed by atoms with Crippen LogP contribution in [0.5, 0.6) is 0 Å². The average Bonchev–Trinajstić information content (AvgIpc) is 3.07. The topological polar surface area (TPSA) is 34.0 Å². The lowest BCUT2D eigenvalue weighted by Gasteiger charge is -2.18. The summed E-state index contributed by atoms with van der Waals surface area (Å²) in [5, 5.41) is 10.4. The highest BCUT2D eigenvalue weighted by molar-refractivity contribution is 7.99. The summed E-state index contributed by atoms with van der Waals surface area (Å²) in [6, 6.07) is 7.86. The fourth-order valence-electron chi connectivity index (χ4n) is 2.45. The quantitative estimate of drug-likeness (QED) is 0.808. The maximum Gasteiger partial charge on any atom is 0.232 e. The van der Waals surface area contributed by atoms with E-state index in [1.807, 2.05) is 18.2 Å². The first-order valence-corrected chi connectivity index (χ1v) is 8.25. The molecule has 1 aliphatic heterocycles. The zero-order chi connectivity index (χ0) is 13.9. The number of anilines is 1. The molecule has 106 valence electrons. The van der Waals surface area contributed by atoms with Crippen LogP contribution in [-0.2, 0) is 0 Å². The number of hydrogen-bond donors (Lipinski definition) is 0. The lowest BCUT2D eigenvalue weighted by atomic mass is 10.3. The highest BCUT2D eigenvalue weighted by atomic mass is 35.5. The van der Waals surface area contributed by atoms with Crippen LogP contribution in [0.25, 0.3) is 5.69 Å². The molecule has 20 heavy (non-hydrogen) atoms. The molecule has 0 aliphatic carbocycles. The van der Waals surface area contributed by atoms with Crippen molar-refractivity contribution in [2.75, 3.05) is 23.7 Å². The molecule has 4 nitrogen and oxygen atoms in total. The van der Waals surface area contributed by atoms with Crippen LogP contribution in [-0.4, -0.2) is 33.6 Å². The van der Waals surface area contributed by atoms with E-state index in [1.165, 1.54) is 12.8 Å². The predicted molar refractivity (Wildman–Crippen MR) is 84.2 cm³/mol. The minimum Gasteiger partial charge on any atom is -0.341 e. The molecule has 0 N–H and O–H groups in total. The zero-order valence-corrected chi connectivity index (χ0v) is 13.0. The van der Waals surface area contributed by atoms with Gasteiger partial charge in [0.15, 0.2) is 5.16 Å². The summed E-state index contributed by atoms with van der Waals surface area (Å²) in [5.41, 5.74) is 1.03. The van der Waals surface area contributed by atoms with E-state index < -0.39 is 0 Å². The first-order chi connectivity index (χ1) is 9.79. The van der Waals surface area contributed by atoms with Gasteiger partial charge >= 0.3 is 0 Å². The maximum atomic E-state index is 6.13. The van der Waals surface area contributed by atoms with Crippen molar-refractivity contribution in [3.8, 4) is 5.69 Å². The van der Waals surface area contributed by atoms with E-state index in [0.29, 0.717) is 0 Å². The Balaban J connectivity index is 2.07. The van der Waals surface area contributed by atoms with Crippen molar-refractivity contribution in [1.29, 1.82) is 0 Å². The fraction of sp³-hybridized carbons (Fsp3) is 0.429. The van der Waals surface area contributed by atoms with Crippen LogP contribution < -0.4 is 4.90 Å². The molecule has 0 amide bonds. The maximum absolute atomic E-state index is 6.13. The van der Waals surface area contributed by atoms with Gasteiger partial charge in [-0.3, -0.25) is 4.57 Å². The molecule has 0 atom stereocenters. The number of rotatable bonds is 4. The second-order valence-electron chi connectivity index (χ2n) is 4.73. The molecule has 0 saturated carbocycles. The van der Waals surface area contributed by atoms with E-state index in [9.17, 15) is 0 Å². The molecule has 0 spiro atoms. The molecule has 2 aromatic rings. The summed E-state index contributed by atoms with van der Waals surface area (Å²) in [6.45, 7) is 4.22. The number of thioether (sulfide) groups is 1. The molecule has 1 aliphatic rings. The molecule has 0 radical (unpaired) electrons. The van der Waals surface area contributed by atoms with Gasteiger partial charge in [-0.1, -0.05) is 36.4 Å². The first kappa shape index (κ1) is 13.8. The Labute approximate surface area is 128 Å². The minimum absolute atomic E-state index is 0.732. The van der Waals surface area contributed by atoms with Gasteiger partial charge in [-0.25, -0.2) is 0 Å². The Bertz CT molecular complexity index is 593. The molecule has 0 bridgehead atoms. The van der Waals surface area contributed by atoms with Gasteiger partial charge in [0.05, 0.1) is 5.69 Å². The third-order valence-corrected chi connectivity index (χ3v) is 4.39. The summed E-state index contributed by atoms with van der Waals surface area (Å²) in [7, 11) is 0. The highest BCUT2D eigenvalue weighted by Gasteiger charge is 2.22. The molecule has 1 aromatic heterocycles. The van der Waals surface area contributed by atoms with Crippen molar-refractivity contribution in [2.45, 2.75) is 24.9 Å². The molecular formula is C14H17ClN4S. The van der Waals surface area contributed by atoms with E-state index in [-0.39, 0.29) is 0 Å². The molecule has 3 rings (SSSR count). The van der Waals surface area contributed by atoms with Crippen LogP contribution in [0.4, 0.5) is 5.95 Å². The largest absolute Gasteiger partial charge is 0.341 e. The summed E-state index contributed by atoms with van der Waals surface area (Å²) < 4.78 is 2.12. The zero-order valence-electron chi connectivity index (χ0n) is 11.4. The fourth-order valence-corrected chi connectivity index (χ4v) is 3.31. The Hall–Kier alpha value is -1.20. The van der Waals surface area contributed by atoms with E-state index in [2.05, 4.69) is 32.7 Å². The second-order valence-corrected chi connectivity index (χ2v) is 6.39. The SMILES string of the molecule is CCSc1nnc(N2CCCC2)n1-c1cccc(Cl)c1. The molecule has 6 heteroatoms. The second kappa shape index (κ2) is 6.06. The predicted octanol–water partition coefficient (Wildman–Crippen LogP) is 3.63. The van der Waals surface area contributed by atoms with Gasteiger partial charge in [-0.05, 0) is 36.8 Å². The molecule has 2 heterocycles. The Morgan fingerprint density at radius 1 is 1.25 bits per heavy atom. The van der Waals surface area contributed by atoms with Gasteiger partial charge in [0.25, 0.3) is 0 Å². The molecule has 1 fully saturated rings. The summed E-state index contributed by atoms with van der Waals surface area (Å²) in [4.78, 5) is 2.30. The Kier molecular flexibility index (Phi) is 4.17. The minimum atomic E-state index is 0.732. The van der Waals surface area contributed by atoms with Crippen LogP contribution in [0.1, 0.15) is 19.8 Å². The first-order valence-electron chi connectivity index (χ1n) is 6.88. The van der Waals surface area contributed by atoms with Crippen molar-refractivity contribution in [1.82, 2.24) is 14.8 Å². The van der Waals surface area contributed by atoms with Crippen LogP contribution in [0.15, 0.2) is 29.4 Å². The smallest absolute Gasteiger partial charge is 0.232 e. The lowest BCUT2D eigenvalue weighted by molar-refractivity contribution is 0.841. The standard InChI is InChI=1S/C14H17ClN4S/c1-2-20-14-17-16-13(18-8-3-4-9-18)19(14)12-7-5-6-11(15)10-12/h5-7,10H,2-4,8-9H2,1H3. The molecule has 0 unspecified atom stereocenters. The van der Waals surface area contributed by atoms with Crippen molar-refractivity contribution in [2.24, 2.45) is 0 Å². The number of aromatic nitrogens is 3. The van der Waals surface area contributed by atoms with Crippen molar-refractivity contribution >= 4 is 29.3 Å². The van der Waals surface area contributed by atoms with Gasteiger partial charge in [0, 0.05) is 18.1 Å². The molecular weight excluding hydrogens is 292 g/mol. The normalized spacial score (nSPS) is 15.0. The summed E-state index contributed by atoms with van der Waals surface area (Å²) in [5.74, 6) is 1.90. The Morgan fingerprint density at radius 2 is 2.05 bits per heavy atom. The van der Waals surface area contributed by atoms with Gasteiger partial charge in [0.1, 0.15) is 0 Å². The third-order valence-electron chi connectivity index (χ3n) is 3.35. The van der Waals surface area contributed by atoms with Crippen LogP contribution >= 0.6 is 23.4 Å². The number of nitrogens with zero attached hydrogens (tertiary/aromatic N) is 4. The lowest BCUT2D eigenvalue weighted by Crippen LogP contribution is -2.22. The summed E-state index contributed by atoms with van der Waals surface area (Å²) in [6.07, 6.45) is 2.44. The molecule has 1 aromatic carbocycles. The average molecular weight is 309 g/mol. The van der Waals surface area contributed by atoms with E-state index in [0.717, 1.165) is 40.7 Å². The van der Waals surface area contributed by atoms with Gasteiger partial charge in [-0.15, -0.1) is 10.2 Å². The summed E-state index contributed by atoms with van der Waals surface area (Å²) >= 11 is 7.83. The van der Waals surface area contributed by atoms with E-state index in [1.54, 1.807) is 11.8 Å². The van der Waals surface area contributed by atoms with Gasteiger partial charge in [-0.2, -0.15) is 0 Å². The van der Waals surface area contributed by atoms with Crippen LogP contribution in [0.3, 0.4) is 0 Å². The number of hydrogen-bond acceptors (Lipinski definition) is 4. The third kappa shape index (κ3) is 2.65.